The molecule has 0 bridgehead atoms. The third kappa shape index (κ3) is 4.25. The number of thiophene rings is 2. The van der Waals surface area contributed by atoms with Crippen molar-refractivity contribution in [3.8, 4) is 10.4 Å². The van der Waals surface area contributed by atoms with Crippen LogP contribution in [0.1, 0.15) is 4.88 Å². The maximum absolute atomic E-state index is 12.3. The number of aryl methyl sites for hydroxylation is 1. The Morgan fingerprint density at radius 1 is 0.957 bits per heavy atom. The average Bonchev–Trinajstić information content (AvgIpc) is 3.15. The van der Waals surface area contributed by atoms with E-state index in [1.54, 1.807) is 23.5 Å². The Morgan fingerprint density at radius 2 is 1.70 bits per heavy atom. The Hall–Kier alpha value is -0.660. The molecule has 2 heterocycles. The Labute approximate surface area is 156 Å². The normalized spacial score (nSPS) is 11.7. The number of hydrogen-bond donors (Lipinski definition) is 0. The van der Waals surface area contributed by atoms with Crippen molar-refractivity contribution >= 4 is 60.0 Å². The fraction of sp³-hybridized carbons (Fsp3) is 0.125. The van der Waals surface area contributed by atoms with Crippen molar-refractivity contribution in [1.29, 1.82) is 0 Å². The monoisotopic (exact) mass is 446 g/mol. The summed E-state index contributed by atoms with van der Waals surface area (Å²) in [7, 11) is -3.22. The second kappa shape index (κ2) is 7.07. The van der Waals surface area contributed by atoms with Gasteiger partial charge in [0, 0.05) is 14.8 Å². The van der Waals surface area contributed by atoms with Crippen LogP contribution in [0.5, 0.6) is 0 Å². The highest BCUT2D eigenvalue weighted by molar-refractivity contribution is 9.11. The molecule has 0 fully saturated rings. The molecule has 23 heavy (non-hydrogen) atoms. The van der Waals surface area contributed by atoms with Crippen LogP contribution in [-0.4, -0.2) is 14.2 Å². The fourth-order valence-corrected chi connectivity index (χ4v) is 6.78. The molecule has 2 aromatic heterocycles. The van der Waals surface area contributed by atoms with Gasteiger partial charge in [0.15, 0.2) is 9.84 Å². The molecule has 0 saturated heterocycles. The summed E-state index contributed by atoms with van der Waals surface area (Å²) in [5, 5.41) is 0.707. The van der Waals surface area contributed by atoms with Gasteiger partial charge in [-0.15, -0.1) is 22.7 Å². The minimum absolute atomic E-state index is 0.126. The average molecular weight is 448 g/mol. The second-order valence-electron chi connectivity index (χ2n) is 4.90. The predicted octanol–water partition coefficient (Wildman–Crippen LogP) is 5.91. The number of sulfone groups is 1. The quantitative estimate of drug-likeness (QED) is 0.487. The number of halogens is 2. The minimum Gasteiger partial charge on any atom is -0.223 e. The summed E-state index contributed by atoms with van der Waals surface area (Å²) in [5.74, 6) is 0.126. The molecule has 0 aliphatic carbocycles. The van der Waals surface area contributed by atoms with E-state index in [0.29, 0.717) is 15.7 Å². The largest absolute Gasteiger partial charge is 0.223 e. The van der Waals surface area contributed by atoms with Gasteiger partial charge in [0.05, 0.1) is 9.54 Å². The maximum atomic E-state index is 12.3. The van der Waals surface area contributed by atoms with Crippen molar-refractivity contribution in [3.63, 3.8) is 0 Å². The Kier molecular flexibility index (Phi) is 5.28. The minimum atomic E-state index is -3.22. The predicted molar refractivity (Wildman–Crippen MR) is 103 cm³/mol. The summed E-state index contributed by atoms with van der Waals surface area (Å²) in [6.45, 7) is 0. The zero-order chi connectivity index (χ0) is 16.4. The molecule has 2 nitrogen and oxygen atoms in total. The van der Waals surface area contributed by atoms with Gasteiger partial charge in [0.1, 0.15) is 4.21 Å². The Morgan fingerprint density at radius 3 is 2.35 bits per heavy atom. The highest BCUT2D eigenvalue weighted by Crippen LogP contribution is 2.31. The van der Waals surface area contributed by atoms with Gasteiger partial charge in [-0.3, -0.25) is 0 Å². The molecule has 1 aromatic carbocycles. The van der Waals surface area contributed by atoms with Gasteiger partial charge in [-0.1, -0.05) is 23.7 Å². The van der Waals surface area contributed by atoms with Gasteiger partial charge in [-0.05, 0) is 64.3 Å². The van der Waals surface area contributed by atoms with E-state index in [1.807, 2.05) is 36.4 Å². The van der Waals surface area contributed by atoms with Crippen molar-refractivity contribution in [2.45, 2.75) is 10.6 Å². The van der Waals surface area contributed by atoms with E-state index in [-0.39, 0.29) is 5.75 Å². The Bertz CT molecular complexity index is 911. The molecule has 0 atom stereocenters. The summed E-state index contributed by atoms with van der Waals surface area (Å²) >= 11 is 12.1. The van der Waals surface area contributed by atoms with Crippen LogP contribution in [0.15, 0.2) is 56.5 Å². The first-order valence-electron chi connectivity index (χ1n) is 6.77. The lowest BCUT2D eigenvalue weighted by Gasteiger charge is -2.00. The van der Waals surface area contributed by atoms with E-state index in [9.17, 15) is 8.42 Å². The molecule has 0 spiro atoms. The van der Waals surface area contributed by atoms with Gasteiger partial charge >= 0.3 is 0 Å². The molecule has 3 aromatic rings. The standard InChI is InChI=1S/C16H12BrClO2S3/c17-15-7-8-16(22-15)23(19,20)10-9-13-5-6-14(21-13)11-1-3-12(18)4-2-11/h1-8H,9-10H2. The van der Waals surface area contributed by atoms with Crippen molar-refractivity contribution in [2.75, 3.05) is 5.75 Å². The first kappa shape index (κ1) is 17.2. The van der Waals surface area contributed by atoms with E-state index in [2.05, 4.69) is 15.9 Å². The lowest BCUT2D eigenvalue weighted by atomic mass is 10.2. The fourth-order valence-electron chi connectivity index (χ4n) is 2.08. The van der Waals surface area contributed by atoms with Gasteiger partial charge in [0.2, 0.25) is 0 Å². The van der Waals surface area contributed by atoms with Crippen LogP contribution >= 0.6 is 50.2 Å². The summed E-state index contributed by atoms with van der Waals surface area (Å²) in [5.41, 5.74) is 1.09. The van der Waals surface area contributed by atoms with Crippen LogP contribution < -0.4 is 0 Å². The first-order valence-corrected chi connectivity index (χ1v) is 11.2. The molecule has 0 aliphatic heterocycles. The summed E-state index contributed by atoms with van der Waals surface area (Å²) < 4.78 is 25.9. The van der Waals surface area contributed by atoms with Gasteiger partial charge in [0.25, 0.3) is 0 Å². The molecule has 0 unspecified atom stereocenters. The molecule has 0 N–H and O–H groups in total. The van der Waals surface area contributed by atoms with Crippen LogP contribution in [0, 0.1) is 0 Å². The third-order valence-corrected chi connectivity index (χ3v) is 8.63. The van der Waals surface area contributed by atoms with Crippen molar-refractivity contribution in [2.24, 2.45) is 0 Å². The van der Waals surface area contributed by atoms with E-state index < -0.39 is 9.84 Å². The van der Waals surface area contributed by atoms with Crippen LogP contribution in [-0.2, 0) is 16.3 Å². The Balaban J connectivity index is 1.71. The first-order chi connectivity index (χ1) is 10.9. The van der Waals surface area contributed by atoms with Gasteiger partial charge in [-0.2, -0.15) is 0 Å². The van der Waals surface area contributed by atoms with Gasteiger partial charge in [-0.25, -0.2) is 8.42 Å². The van der Waals surface area contributed by atoms with Crippen molar-refractivity contribution in [3.05, 3.63) is 62.2 Å². The molecule has 0 amide bonds. The highest BCUT2D eigenvalue weighted by atomic mass is 79.9. The molecular weight excluding hydrogens is 436 g/mol. The number of hydrogen-bond acceptors (Lipinski definition) is 4. The van der Waals surface area contributed by atoms with E-state index in [4.69, 9.17) is 11.6 Å². The lowest BCUT2D eigenvalue weighted by molar-refractivity contribution is 0.597. The zero-order valence-corrected chi connectivity index (χ0v) is 16.6. The molecule has 0 aliphatic rings. The van der Waals surface area contributed by atoms with Crippen LogP contribution in [0.4, 0.5) is 0 Å². The number of rotatable bonds is 5. The summed E-state index contributed by atoms with van der Waals surface area (Å²) in [6, 6.07) is 15.1. The van der Waals surface area contributed by atoms with E-state index in [0.717, 1.165) is 19.1 Å². The SMILES string of the molecule is O=S(=O)(CCc1ccc(-c2ccc(Cl)cc2)s1)c1ccc(Br)s1. The van der Waals surface area contributed by atoms with Crippen molar-refractivity contribution < 1.29 is 8.42 Å². The lowest BCUT2D eigenvalue weighted by Crippen LogP contribution is -2.06. The summed E-state index contributed by atoms with van der Waals surface area (Å²) in [4.78, 5) is 2.18. The van der Waals surface area contributed by atoms with Gasteiger partial charge < -0.3 is 0 Å². The summed E-state index contributed by atoms with van der Waals surface area (Å²) in [6.07, 6.45) is 0.524. The zero-order valence-electron chi connectivity index (χ0n) is 11.8. The van der Waals surface area contributed by atoms with E-state index in [1.165, 1.54) is 11.3 Å². The van der Waals surface area contributed by atoms with E-state index >= 15 is 0 Å². The molecule has 0 saturated carbocycles. The number of benzene rings is 1. The molecule has 0 radical (unpaired) electrons. The van der Waals surface area contributed by atoms with Crippen LogP contribution in [0.3, 0.4) is 0 Å². The molecule has 3 rings (SSSR count). The second-order valence-corrected chi connectivity index (χ2v) is 11.3. The molecular formula is C16H12BrClO2S3. The third-order valence-electron chi connectivity index (χ3n) is 3.26. The highest BCUT2D eigenvalue weighted by Gasteiger charge is 2.17. The topological polar surface area (TPSA) is 34.1 Å². The maximum Gasteiger partial charge on any atom is 0.188 e. The molecule has 120 valence electrons. The molecule has 7 heteroatoms. The van der Waals surface area contributed by atoms with Crippen LogP contribution in [0.2, 0.25) is 5.02 Å². The van der Waals surface area contributed by atoms with Crippen molar-refractivity contribution in [1.82, 2.24) is 0 Å². The van der Waals surface area contributed by atoms with Crippen LogP contribution in [0.25, 0.3) is 10.4 Å². The smallest absolute Gasteiger partial charge is 0.188 e.